The van der Waals surface area contributed by atoms with Crippen LogP contribution in [-0.2, 0) is 107 Å². The number of guanidine groups is 1. The average molecular weight is 1900 g/mol. The van der Waals surface area contributed by atoms with E-state index in [1.54, 1.807) is 67.2 Å². The Morgan fingerprint density at radius 2 is 1.11 bits per heavy atom. The van der Waals surface area contributed by atoms with Crippen molar-refractivity contribution in [3.8, 4) is 5.75 Å². The summed E-state index contributed by atoms with van der Waals surface area (Å²) in [5.41, 5.74) is 19.5. The standard InChI is InChI=1S/C87H120N24O21S2/c1-7-8-20-68-86(132)108(4)66(26-29-133-6)79(125)99-57(19-13-27-93-87(90)91)75(121)106-65(74(120)96-39-71(89)117)43-134-44-72(118)98-60(30-47-22-24-51(114)25-23-47)82(128)107(3)46(2)73(119)102-62(35-70(88)116)84(130)110-28-14-21-67(110)80(126)101-59(33-50-38-92-45-97-50)77(123)105-64(42-113)85(131)111-40-52(115)34-69(111)81(127)100-58(31-48-36-94-55-17-11-9-15-53(48)55)76(122)104-63(41-112)78(124)103-61(83(129)109(68)5)32-49-37-95-56-18-12-10-16-54(49)56/h9-12,15-18,22-25,36-38,45-46,52,57-69,94-95,112-115H,7-8,13-14,19-21,26-35,39-44H2,1-6H3,(H2,88,116)(H2,89,117)(H,92,97)(H,96,120)(H,98,118)(H,99,125)(H,100,127)(H,101,126)(H,102,119)(H,103,124)(H,104,122)(H,105,123)(H,106,121)(H4,90,91,93)/t46-,52+,57-,58-,59-,60-,61-,62-,63-,64-,65?,66-,67-,68-,69-/m0/s1. The molecule has 6 heterocycles. The van der Waals surface area contributed by atoms with E-state index in [9.17, 15) is 73.2 Å². The monoisotopic (exact) mass is 1900 g/mol. The molecule has 6 aromatic rings. The molecule has 3 aromatic heterocycles. The number of thioether (sulfide) groups is 2. The number of imidazole rings is 1. The van der Waals surface area contributed by atoms with Gasteiger partial charge in [-0.2, -0.15) is 11.8 Å². The minimum Gasteiger partial charge on any atom is -0.508 e. The predicted octanol–water partition coefficient (Wildman–Crippen LogP) is -5.42. The molecule has 3 aliphatic rings. The molecular formula is C87H120N24O21S2. The molecule has 47 heteroatoms. The zero-order valence-corrected chi connectivity index (χ0v) is 76.8. The minimum absolute atomic E-state index is 0.0230. The average Bonchev–Trinajstić information content (AvgIpc) is 1.67. The van der Waals surface area contributed by atoms with Gasteiger partial charge in [0.05, 0.1) is 44.4 Å². The molecule has 726 valence electrons. The Balaban J connectivity index is 1.09. The number of aromatic amines is 3. The van der Waals surface area contributed by atoms with Crippen LogP contribution in [0.5, 0.6) is 5.75 Å². The molecule has 3 aromatic carbocycles. The van der Waals surface area contributed by atoms with E-state index < -0.39 is 248 Å². The number of fused-ring (bicyclic) bond motifs is 4. The van der Waals surface area contributed by atoms with Crippen molar-refractivity contribution in [2.75, 3.05) is 84.1 Å². The third-order valence-electron chi connectivity index (χ3n) is 23.6. The Bertz CT molecular complexity index is 5200. The SMILES string of the molecule is CCCC[C@H]1C(=O)N(C)[C@@H](CCSC)C(=O)N[C@@H](CCCNC(=N)N)C(=O)NC(C(=O)NCC(N)=O)CSCC(=O)N[C@@H](Cc2ccc(O)cc2)C(=O)N(C)[C@@H](C)C(=O)N[C@@H](CC(N)=O)C(=O)N2CCC[C@H]2C(=O)N[C@@H](Cc2cnc[nH]2)C(=O)N[C@@H](CO)C(=O)N2C[C@H](O)C[C@H]2C(=O)N[C@@H](Cc2c[nH]c3ccccc23)C(=O)N[C@@H](CO)C(=O)N[C@@H](Cc2c[nH]c3ccccc23)C(=O)N1C. The second kappa shape index (κ2) is 49.9. The quantitative estimate of drug-likeness (QED) is 0.0144. The molecule has 0 saturated carbocycles. The lowest BCUT2D eigenvalue weighted by Gasteiger charge is -2.36. The lowest BCUT2D eigenvalue weighted by Crippen LogP contribution is -2.62. The van der Waals surface area contributed by atoms with Crippen molar-refractivity contribution in [3.05, 3.63) is 120 Å². The lowest BCUT2D eigenvalue weighted by molar-refractivity contribution is -0.149. The van der Waals surface area contributed by atoms with Gasteiger partial charge in [-0.3, -0.25) is 86.9 Å². The van der Waals surface area contributed by atoms with Gasteiger partial charge >= 0.3 is 0 Å². The molecule has 3 aliphatic heterocycles. The molecule has 3 saturated heterocycles. The molecule has 45 nitrogen and oxygen atoms in total. The van der Waals surface area contributed by atoms with Gasteiger partial charge in [0, 0.05) is 125 Å². The first-order valence-electron chi connectivity index (χ1n) is 43.8. The van der Waals surface area contributed by atoms with Crippen LogP contribution in [0, 0.1) is 5.41 Å². The summed E-state index contributed by atoms with van der Waals surface area (Å²) < 4.78 is 0. The molecule has 3 fully saturated rings. The number of primary amides is 2. The number of para-hydroxylation sites is 2. The summed E-state index contributed by atoms with van der Waals surface area (Å²) in [5, 5.41) is 81.1. The third-order valence-corrected chi connectivity index (χ3v) is 25.2. The summed E-state index contributed by atoms with van der Waals surface area (Å²) in [6.07, 6.45) is 4.00. The van der Waals surface area contributed by atoms with Crippen LogP contribution in [0.3, 0.4) is 0 Å². The fourth-order valence-electron chi connectivity index (χ4n) is 16.1. The lowest BCUT2D eigenvalue weighted by atomic mass is 10.0. The van der Waals surface area contributed by atoms with Crippen molar-refractivity contribution in [3.63, 3.8) is 0 Å². The maximum atomic E-state index is 15.7. The first kappa shape index (κ1) is 104. The highest BCUT2D eigenvalue weighted by Gasteiger charge is 2.47. The highest BCUT2D eigenvalue weighted by atomic mass is 32.2. The van der Waals surface area contributed by atoms with Crippen molar-refractivity contribution < 1.29 is 102 Å². The number of carbonyl (C=O) groups excluding carboxylic acids is 17. The molecule has 25 N–H and O–H groups in total. The number of carbonyl (C=O) groups is 17. The van der Waals surface area contributed by atoms with Crippen molar-refractivity contribution >= 4 is 152 Å². The van der Waals surface area contributed by atoms with Crippen LogP contribution in [0.15, 0.2) is 97.7 Å². The molecule has 0 radical (unpaired) electrons. The van der Waals surface area contributed by atoms with Gasteiger partial charge in [-0.1, -0.05) is 68.3 Å². The van der Waals surface area contributed by atoms with Gasteiger partial charge in [-0.25, -0.2) is 4.98 Å². The van der Waals surface area contributed by atoms with Crippen molar-refractivity contribution in [1.82, 2.24) is 103 Å². The summed E-state index contributed by atoms with van der Waals surface area (Å²) in [7, 11) is 3.84. The second-order valence-electron chi connectivity index (χ2n) is 33.2. The molecule has 0 aliphatic carbocycles. The van der Waals surface area contributed by atoms with E-state index in [1.165, 1.54) is 76.6 Å². The van der Waals surface area contributed by atoms with E-state index in [4.69, 9.17) is 22.6 Å². The number of amides is 17. The highest BCUT2D eigenvalue weighted by molar-refractivity contribution is 8.00. The molecule has 0 spiro atoms. The number of rotatable bonds is 25. The first-order chi connectivity index (χ1) is 63.9. The number of nitrogens with two attached hydrogens (primary N) is 3. The van der Waals surface area contributed by atoms with Crippen LogP contribution in [0.25, 0.3) is 21.8 Å². The van der Waals surface area contributed by atoms with Crippen LogP contribution in [0.4, 0.5) is 0 Å². The topological polar surface area (TPSA) is 682 Å². The van der Waals surface area contributed by atoms with E-state index in [0.29, 0.717) is 51.3 Å². The van der Waals surface area contributed by atoms with Gasteiger partial charge in [-0.05, 0) is 98.4 Å². The number of aromatic hydroxyl groups is 1. The number of hydrogen-bond acceptors (Lipinski definition) is 25. The van der Waals surface area contributed by atoms with E-state index >= 15 is 28.8 Å². The van der Waals surface area contributed by atoms with Crippen molar-refractivity contribution in [1.29, 1.82) is 5.41 Å². The predicted molar refractivity (Wildman–Crippen MR) is 491 cm³/mol. The molecule has 1 unspecified atom stereocenters. The largest absolute Gasteiger partial charge is 0.508 e. The Hall–Kier alpha value is -13.4. The first-order valence-corrected chi connectivity index (χ1v) is 46.4. The summed E-state index contributed by atoms with van der Waals surface area (Å²) in [4.78, 5) is 267. The number of hydrogen-bond donors (Lipinski definition) is 22. The Labute approximate surface area is 779 Å². The number of aliphatic hydroxyl groups excluding tert-OH is 3. The maximum Gasteiger partial charge on any atom is 0.248 e. The molecule has 0 bridgehead atoms. The smallest absolute Gasteiger partial charge is 0.248 e. The van der Waals surface area contributed by atoms with Crippen LogP contribution in [0.2, 0.25) is 0 Å². The third kappa shape index (κ3) is 28.6. The Morgan fingerprint density at radius 3 is 1.72 bits per heavy atom. The van der Waals surface area contributed by atoms with Crippen molar-refractivity contribution in [2.45, 2.75) is 194 Å². The number of aliphatic hydroxyl groups is 3. The normalized spacial score (nSPS) is 24.8. The minimum atomic E-state index is -1.93. The highest BCUT2D eigenvalue weighted by Crippen LogP contribution is 2.28. The van der Waals surface area contributed by atoms with E-state index in [0.717, 1.165) is 36.3 Å². The van der Waals surface area contributed by atoms with E-state index in [-0.39, 0.29) is 94.5 Å². The number of phenolic OH excluding ortho intramolecular Hbond substituents is 1. The summed E-state index contributed by atoms with van der Waals surface area (Å²) in [6.45, 7) is -0.688. The van der Waals surface area contributed by atoms with Crippen LogP contribution in [0.1, 0.15) is 100 Å². The van der Waals surface area contributed by atoms with Crippen LogP contribution < -0.4 is 75.7 Å². The van der Waals surface area contributed by atoms with Gasteiger partial charge in [0.25, 0.3) is 0 Å². The Morgan fingerprint density at radius 1 is 0.560 bits per heavy atom. The number of likely N-dealkylation sites (N-methyl/N-ethyl adjacent to an activating group) is 3. The van der Waals surface area contributed by atoms with E-state index in [2.05, 4.69) is 78.4 Å². The summed E-state index contributed by atoms with van der Waals surface area (Å²) in [6, 6.07) is -3.38. The summed E-state index contributed by atoms with van der Waals surface area (Å²) >= 11 is 2.05. The van der Waals surface area contributed by atoms with Crippen molar-refractivity contribution in [2.24, 2.45) is 17.2 Å². The van der Waals surface area contributed by atoms with Gasteiger partial charge in [0.2, 0.25) is 100 Å². The number of benzene rings is 3. The van der Waals surface area contributed by atoms with Crippen LogP contribution in [-0.4, -0.2) is 346 Å². The van der Waals surface area contributed by atoms with Gasteiger partial charge in [0.1, 0.15) is 90.3 Å². The zero-order chi connectivity index (χ0) is 97.7. The number of unbranched alkanes of at least 4 members (excludes halogenated alkanes) is 1. The molecule has 15 atom stereocenters. The number of nitrogens with zero attached hydrogens (tertiary/aromatic N) is 6. The van der Waals surface area contributed by atoms with E-state index in [1.807, 2.05) is 6.92 Å². The van der Waals surface area contributed by atoms with Gasteiger partial charge < -0.3 is 136 Å². The Kier molecular flexibility index (Phi) is 38.8. The number of aromatic nitrogens is 4. The second-order valence-corrected chi connectivity index (χ2v) is 35.2. The zero-order valence-electron chi connectivity index (χ0n) is 75.1. The number of phenols is 1. The van der Waals surface area contributed by atoms with Gasteiger partial charge in [-0.15, -0.1) is 11.8 Å². The molecular weight excluding hydrogens is 1780 g/mol. The molecule has 9 rings (SSSR count). The number of nitrogens with one attached hydrogen (secondary N) is 15. The van der Waals surface area contributed by atoms with Crippen LogP contribution >= 0.6 is 23.5 Å². The fraction of sp³-hybridized carbons (Fsp3) is 0.506. The summed E-state index contributed by atoms with van der Waals surface area (Å²) in [5.74, 6) is -18.4. The maximum absolute atomic E-state index is 15.7. The molecule has 134 heavy (non-hydrogen) atoms. The number of H-pyrrole nitrogens is 3. The fourth-order valence-corrected chi connectivity index (χ4v) is 17.4. The molecule has 17 amide bonds. The van der Waals surface area contributed by atoms with Gasteiger partial charge in [0.15, 0.2) is 5.96 Å².